The summed E-state index contributed by atoms with van der Waals surface area (Å²) < 4.78 is 5.07. The fourth-order valence-electron chi connectivity index (χ4n) is 1.80. The maximum absolute atomic E-state index is 12.2. The van der Waals surface area contributed by atoms with Crippen LogP contribution in [0.2, 0.25) is 0 Å². The van der Waals surface area contributed by atoms with Crippen LogP contribution < -0.4 is 5.32 Å². The van der Waals surface area contributed by atoms with E-state index in [2.05, 4.69) is 5.32 Å². The fourth-order valence-corrected chi connectivity index (χ4v) is 3.03. The molecule has 0 aliphatic carbocycles. The Kier molecular flexibility index (Phi) is 6.16. The van der Waals surface area contributed by atoms with E-state index in [0.717, 1.165) is 17.9 Å². The Bertz CT molecular complexity index is 220. The number of methoxy groups -OCH3 is 1. The molecule has 0 aromatic heterocycles. The first-order chi connectivity index (χ1) is 7.70. The lowest BCUT2D eigenvalue weighted by Crippen LogP contribution is -2.49. The molecule has 0 bridgehead atoms. The first-order valence-electron chi connectivity index (χ1n) is 5.75. The van der Waals surface area contributed by atoms with Crippen LogP contribution in [0.5, 0.6) is 0 Å². The topological polar surface area (TPSA) is 41.6 Å². The van der Waals surface area contributed by atoms with Crippen molar-refractivity contribution in [3.63, 3.8) is 0 Å². The molecule has 1 aliphatic heterocycles. The van der Waals surface area contributed by atoms with Gasteiger partial charge in [-0.25, -0.2) is 0 Å². The Hall–Kier alpha value is -0.260. The van der Waals surface area contributed by atoms with Gasteiger partial charge in [-0.2, -0.15) is 11.8 Å². The van der Waals surface area contributed by atoms with Crippen molar-refractivity contribution >= 4 is 17.7 Å². The average molecular weight is 246 g/mol. The van der Waals surface area contributed by atoms with E-state index in [1.54, 1.807) is 7.11 Å². The molecule has 16 heavy (non-hydrogen) atoms. The second-order valence-electron chi connectivity index (χ2n) is 4.05. The molecule has 1 heterocycles. The second-order valence-corrected chi connectivity index (χ2v) is 5.20. The Morgan fingerprint density at radius 3 is 2.94 bits per heavy atom. The first kappa shape index (κ1) is 13.8. The van der Waals surface area contributed by atoms with Gasteiger partial charge in [0.2, 0.25) is 5.91 Å². The van der Waals surface area contributed by atoms with Crippen LogP contribution in [-0.4, -0.2) is 61.7 Å². The van der Waals surface area contributed by atoms with E-state index in [1.807, 2.05) is 30.6 Å². The first-order valence-corrected chi connectivity index (χ1v) is 6.90. The van der Waals surface area contributed by atoms with Gasteiger partial charge < -0.3 is 15.0 Å². The summed E-state index contributed by atoms with van der Waals surface area (Å²) in [6, 6.07) is 0.283. The summed E-state index contributed by atoms with van der Waals surface area (Å²) >= 11 is 1.93. The normalized spacial score (nSPS) is 22.1. The van der Waals surface area contributed by atoms with Gasteiger partial charge in [-0.1, -0.05) is 0 Å². The number of hydrogen-bond acceptors (Lipinski definition) is 4. The van der Waals surface area contributed by atoms with E-state index in [4.69, 9.17) is 4.74 Å². The molecule has 4 nitrogen and oxygen atoms in total. The van der Waals surface area contributed by atoms with Crippen molar-refractivity contribution in [1.29, 1.82) is 0 Å². The molecule has 1 rings (SSSR count). The monoisotopic (exact) mass is 246 g/mol. The number of carbonyl (C=O) groups excluding carboxylic acids is 1. The van der Waals surface area contributed by atoms with Gasteiger partial charge in [-0.05, 0) is 26.1 Å². The smallest absolute Gasteiger partial charge is 0.239 e. The molecule has 1 fully saturated rings. The minimum atomic E-state index is -0.109. The minimum Gasteiger partial charge on any atom is -0.383 e. The molecule has 0 saturated carbocycles. The lowest BCUT2D eigenvalue weighted by molar-refractivity contribution is -0.135. The Balaban J connectivity index is 2.57. The molecule has 2 atom stereocenters. The van der Waals surface area contributed by atoms with Gasteiger partial charge in [0.1, 0.15) is 0 Å². The molecule has 0 aromatic rings. The van der Waals surface area contributed by atoms with Crippen LogP contribution in [0.4, 0.5) is 0 Å². The molecular weight excluding hydrogens is 224 g/mol. The lowest BCUT2D eigenvalue weighted by atomic mass is 10.2. The van der Waals surface area contributed by atoms with Crippen LogP contribution in [0.15, 0.2) is 0 Å². The quantitative estimate of drug-likeness (QED) is 0.744. The van der Waals surface area contributed by atoms with Gasteiger partial charge in [0.25, 0.3) is 0 Å². The van der Waals surface area contributed by atoms with Gasteiger partial charge in [-0.15, -0.1) is 0 Å². The van der Waals surface area contributed by atoms with E-state index < -0.39 is 0 Å². The van der Waals surface area contributed by atoms with Gasteiger partial charge in [-0.3, -0.25) is 4.79 Å². The summed E-state index contributed by atoms with van der Waals surface area (Å²) in [5, 5.41) is 3.01. The highest BCUT2D eigenvalue weighted by molar-refractivity contribution is 7.99. The van der Waals surface area contributed by atoms with E-state index in [9.17, 15) is 4.79 Å². The zero-order valence-corrected chi connectivity index (χ0v) is 11.2. The maximum atomic E-state index is 12.2. The van der Waals surface area contributed by atoms with E-state index >= 15 is 0 Å². The zero-order chi connectivity index (χ0) is 12.0. The molecule has 1 amide bonds. The average Bonchev–Trinajstić information content (AvgIpc) is 2.82. The van der Waals surface area contributed by atoms with Gasteiger partial charge in [0.05, 0.1) is 12.6 Å². The number of likely N-dealkylation sites (N-methyl/N-ethyl adjacent to an activating group) is 1. The summed E-state index contributed by atoms with van der Waals surface area (Å²) in [7, 11) is 3.49. The largest absolute Gasteiger partial charge is 0.383 e. The highest BCUT2D eigenvalue weighted by atomic mass is 32.2. The SMILES string of the molecule is CNC(C)C(=O)N(CCOC)C1CCSC1. The van der Waals surface area contributed by atoms with Crippen LogP contribution in [-0.2, 0) is 9.53 Å². The highest BCUT2D eigenvalue weighted by Gasteiger charge is 2.28. The Morgan fingerprint density at radius 2 is 2.44 bits per heavy atom. The molecule has 0 radical (unpaired) electrons. The molecule has 1 aliphatic rings. The summed E-state index contributed by atoms with van der Waals surface area (Å²) in [5.41, 5.74) is 0. The molecule has 94 valence electrons. The van der Waals surface area contributed by atoms with Crippen molar-refractivity contribution in [2.75, 3.05) is 38.8 Å². The molecule has 1 saturated heterocycles. The molecule has 0 spiro atoms. The number of ether oxygens (including phenoxy) is 1. The van der Waals surface area contributed by atoms with Crippen molar-refractivity contribution in [2.24, 2.45) is 0 Å². The number of hydrogen-bond donors (Lipinski definition) is 1. The summed E-state index contributed by atoms with van der Waals surface area (Å²) in [6.07, 6.45) is 1.11. The zero-order valence-electron chi connectivity index (χ0n) is 10.4. The predicted molar refractivity (Wildman–Crippen MR) is 67.8 cm³/mol. The molecule has 0 aromatic carbocycles. The van der Waals surface area contributed by atoms with E-state index in [-0.39, 0.29) is 11.9 Å². The third-order valence-electron chi connectivity index (χ3n) is 2.97. The summed E-state index contributed by atoms with van der Waals surface area (Å²) in [5.74, 6) is 2.41. The number of carbonyl (C=O) groups is 1. The van der Waals surface area contributed by atoms with Crippen LogP contribution in [0.1, 0.15) is 13.3 Å². The minimum absolute atomic E-state index is 0.109. The van der Waals surface area contributed by atoms with Crippen LogP contribution in [0.25, 0.3) is 0 Å². The third-order valence-corrected chi connectivity index (χ3v) is 4.11. The standard InChI is InChI=1S/C11H22N2O2S/c1-9(12-2)11(14)13(5-6-15-3)10-4-7-16-8-10/h9-10,12H,4-8H2,1-3H3. The van der Waals surface area contributed by atoms with Crippen molar-refractivity contribution < 1.29 is 9.53 Å². The predicted octanol–water partition coefficient (Wildman–Crippen LogP) is 0.575. The molecule has 2 unspecified atom stereocenters. The molecule has 1 N–H and O–H groups in total. The fraction of sp³-hybridized carbons (Fsp3) is 0.909. The summed E-state index contributed by atoms with van der Waals surface area (Å²) in [4.78, 5) is 14.1. The Labute approximate surface area is 102 Å². The molecule has 5 heteroatoms. The maximum Gasteiger partial charge on any atom is 0.239 e. The van der Waals surface area contributed by atoms with Crippen molar-refractivity contribution in [2.45, 2.75) is 25.4 Å². The number of nitrogens with zero attached hydrogens (tertiary/aromatic N) is 1. The van der Waals surface area contributed by atoms with Crippen molar-refractivity contribution in [3.8, 4) is 0 Å². The number of amides is 1. The van der Waals surface area contributed by atoms with Crippen molar-refractivity contribution in [3.05, 3.63) is 0 Å². The number of thioether (sulfide) groups is 1. The highest BCUT2D eigenvalue weighted by Crippen LogP contribution is 2.22. The number of rotatable bonds is 6. The van der Waals surface area contributed by atoms with E-state index in [1.165, 1.54) is 0 Å². The van der Waals surface area contributed by atoms with Gasteiger partial charge in [0.15, 0.2) is 0 Å². The van der Waals surface area contributed by atoms with Crippen LogP contribution in [0, 0.1) is 0 Å². The third kappa shape index (κ3) is 3.64. The lowest BCUT2D eigenvalue weighted by Gasteiger charge is -2.30. The van der Waals surface area contributed by atoms with Gasteiger partial charge >= 0.3 is 0 Å². The van der Waals surface area contributed by atoms with Crippen LogP contribution >= 0.6 is 11.8 Å². The van der Waals surface area contributed by atoms with Crippen LogP contribution in [0.3, 0.4) is 0 Å². The second kappa shape index (κ2) is 7.14. The van der Waals surface area contributed by atoms with Crippen molar-refractivity contribution in [1.82, 2.24) is 10.2 Å². The Morgan fingerprint density at radius 1 is 1.69 bits per heavy atom. The molecular formula is C11H22N2O2S. The van der Waals surface area contributed by atoms with Gasteiger partial charge in [0, 0.05) is 25.4 Å². The summed E-state index contributed by atoms with van der Waals surface area (Å²) in [6.45, 7) is 3.22. The number of nitrogens with one attached hydrogen (secondary N) is 1. The van der Waals surface area contributed by atoms with E-state index in [0.29, 0.717) is 19.2 Å².